The number of carbonyl (C=O) groups excluding carboxylic acids is 1. The molecule has 4 heteroatoms. The third kappa shape index (κ3) is 4.94. The van der Waals surface area contributed by atoms with Crippen LogP contribution in [0, 0.1) is 0 Å². The second-order valence-electron chi connectivity index (χ2n) is 5.29. The monoisotopic (exact) mass is 255 g/mol. The number of likely N-dealkylation sites (N-methyl/N-ethyl adjacent to an activating group) is 1. The Labute approximate surface area is 111 Å². The van der Waals surface area contributed by atoms with Gasteiger partial charge in [-0.3, -0.25) is 9.69 Å². The van der Waals surface area contributed by atoms with Gasteiger partial charge in [-0.25, -0.2) is 0 Å². The van der Waals surface area contributed by atoms with E-state index in [-0.39, 0.29) is 11.9 Å². The maximum atomic E-state index is 11.5. The van der Waals surface area contributed by atoms with Crippen molar-refractivity contribution in [1.29, 1.82) is 0 Å². The van der Waals surface area contributed by atoms with Crippen LogP contribution in [0.1, 0.15) is 52.4 Å². The highest BCUT2D eigenvalue weighted by molar-refractivity contribution is 5.80. The molecule has 1 atom stereocenters. The number of primary amides is 1. The molecule has 0 aromatic heterocycles. The van der Waals surface area contributed by atoms with Crippen LogP contribution in [0.4, 0.5) is 0 Å². The zero-order valence-corrected chi connectivity index (χ0v) is 12.0. The Bertz CT molecular complexity index is 239. The summed E-state index contributed by atoms with van der Waals surface area (Å²) in [7, 11) is 0. The van der Waals surface area contributed by atoms with Gasteiger partial charge in [0.25, 0.3) is 0 Å². The van der Waals surface area contributed by atoms with Gasteiger partial charge in [-0.2, -0.15) is 0 Å². The number of nitrogens with two attached hydrogens (primary N) is 1. The molecule has 4 nitrogen and oxygen atoms in total. The van der Waals surface area contributed by atoms with Gasteiger partial charge in [0.1, 0.15) is 0 Å². The van der Waals surface area contributed by atoms with E-state index >= 15 is 0 Å². The summed E-state index contributed by atoms with van der Waals surface area (Å²) in [6, 6.07) is 0.445. The fourth-order valence-electron chi connectivity index (χ4n) is 2.79. The quantitative estimate of drug-likeness (QED) is 0.691. The summed E-state index contributed by atoms with van der Waals surface area (Å²) in [4.78, 5) is 13.9. The topological polar surface area (TPSA) is 58.4 Å². The molecule has 0 saturated heterocycles. The number of nitrogens with one attached hydrogen (secondary N) is 1. The molecule has 3 N–H and O–H groups in total. The third-order valence-electron chi connectivity index (χ3n) is 3.90. The standard InChI is InChI=1S/C14H29N3O/c1-3-10-16-13(14(15)18)11-17(4-2)12-8-6-5-7-9-12/h12-13,16H,3-11H2,1-2H3,(H2,15,18). The Morgan fingerprint density at radius 1 is 1.33 bits per heavy atom. The van der Waals surface area contributed by atoms with Crippen molar-refractivity contribution < 1.29 is 4.79 Å². The average molecular weight is 255 g/mol. The van der Waals surface area contributed by atoms with Gasteiger partial charge < -0.3 is 11.1 Å². The molecule has 1 amide bonds. The minimum Gasteiger partial charge on any atom is -0.368 e. The first-order valence-corrected chi connectivity index (χ1v) is 7.45. The minimum absolute atomic E-state index is 0.202. The molecule has 0 spiro atoms. The van der Waals surface area contributed by atoms with E-state index in [9.17, 15) is 4.79 Å². The summed E-state index contributed by atoms with van der Waals surface area (Å²) in [6.07, 6.45) is 7.58. The molecular weight excluding hydrogens is 226 g/mol. The van der Waals surface area contributed by atoms with E-state index in [2.05, 4.69) is 24.1 Å². The van der Waals surface area contributed by atoms with Crippen molar-refractivity contribution in [2.24, 2.45) is 5.73 Å². The lowest BCUT2D eigenvalue weighted by Crippen LogP contribution is -2.52. The highest BCUT2D eigenvalue weighted by Gasteiger charge is 2.24. The average Bonchev–Trinajstić information content (AvgIpc) is 2.39. The van der Waals surface area contributed by atoms with E-state index in [1.807, 2.05) is 0 Å². The molecule has 18 heavy (non-hydrogen) atoms. The van der Waals surface area contributed by atoms with Crippen LogP contribution in [0.25, 0.3) is 0 Å². The Morgan fingerprint density at radius 2 is 2.00 bits per heavy atom. The van der Waals surface area contributed by atoms with E-state index in [0.717, 1.165) is 26.1 Å². The molecule has 0 bridgehead atoms. The lowest BCUT2D eigenvalue weighted by atomic mass is 9.94. The van der Waals surface area contributed by atoms with Gasteiger partial charge in [-0.1, -0.05) is 33.1 Å². The lowest BCUT2D eigenvalue weighted by Gasteiger charge is -2.35. The van der Waals surface area contributed by atoms with Gasteiger partial charge in [-0.15, -0.1) is 0 Å². The number of hydrogen-bond acceptors (Lipinski definition) is 3. The zero-order chi connectivity index (χ0) is 13.4. The predicted octanol–water partition coefficient (Wildman–Crippen LogP) is 1.49. The van der Waals surface area contributed by atoms with Crippen LogP contribution in [0.2, 0.25) is 0 Å². The minimum atomic E-state index is -0.224. The summed E-state index contributed by atoms with van der Waals surface area (Å²) in [6.45, 7) is 6.89. The highest BCUT2D eigenvalue weighted by Crippen LogP contribution is 2.22. The second-order valence-corrected chi connectivity index (χ2v) is 5.29. The maximum Gasteiger partial charge on any atom is 0.235 e. The summed E-state index contributed by atoms with van der Waals surface area (Å²) in [5.74, 6) is -0.224. The van der Waals surface area contributed by atoms with Crippen molar-refractivity contribution >= 4 is 5.91 Å². The molecule has 0 radical (unpaired) electrons. The molecule has 0 aromatic rings. The SMILES string of the molecule is CCCNC(CN(CC)C1CCCCC1)C(N)=O. The molecule has 0 aliphatic heterocycles. The van der Waals surface area contributed by atoms with Crippen LogP contribution in [-0.4, -0.2) is 42.5 Å². The molecule has 0 aromatic carbocycles. The van der Waals surface area contributed by atoms with E-state index in [4.69, 9.17) is 5.73 Å². The predicted molar refractivity (Wildman–Crippen MR) is 75.4 cm³/mol. The van der Waals surface area contributed by atoms with Crippen LogP contribution in [0.15, 0.2) is 0 Å². The van der Waals surface area contributed by atoms with Gasteiger partial charge in [-0.05, 0) is 32.4 Å². The highest BCUT2D eigenvalue weighted by atomic mass is 16.1. The molecule has 1 rings (SSSR count). The number of amides is 1. The van der Waals surface area contributed by atoms with Crippen LogP contribution < -0.4 is 11.1 Å². The molecule has 1 aliphatic carbocycles. The van der Waals surface area contributed by atoms with Crippen molar-refractivity contribution in [2.75, 3.05) is 19.6 Å². The smallest absolute Gasteiger partial charge is 0.235 e. The van der Waals surface area contributed by atoms with Crippen molar-refractivity contribution in [1.82, 2.24) is 10.2 Å². The first-order chi connectivity index (χ1) is 8.69. The summed E-state index contributed by atoms with van der Waals surface area (Å²) in [5, 5.41) is 3.26. The fraction of sp³-hybridized carbons (Fsp3) is 0.929. The normalized spacial score (nSPS) is 19.1. The van der Waals surface area contributed by atoms with Gasteiger partial charge >= 0.3 is 0 Å². The van der Waals surface area contributed by atoms with E-state index in [1.165, 1.54) is 32.1 Å². The summed E-state index contributed by atoms with van der Waals surface area (Å²) in [5.41, 5.74) is 5.48. The Hall–Kier alpha value is -0.610. The Morgan fingerprint density at radius 3 is 2.50 bits per heavy atom. The number of rotatable bonds is 8. The fourth-order valence-corrected chi connectivity index (χ4v) is 2.79. The summed E-state index contributed by atoms with van der Waals surface area (Å²) >= 11 is 0. The molecule has 1 unspecified atom stereocenters. The largest absolute Gasteiger partial charge is 0.368 e. The third-order valence-corrected chi connectivity index (χ3v) is 3.90. The van der Waals surface area contributed by atoms with Crippen LogP contribution >= 0.6 is 0 Å². The van der Waals surface area contributed by atoms with Crippen molar-refractivity contribution in [3.63, 3.8) is 0 Å². The second kappa shape index (κ2) is 8.48. The van der Waals surface area contributed by atoms with E-state index in [0.29, 0.717) is 6.04 Å². The van der Waals surface area contributed by atoms with E-state index < -0.39 is 0 Å². The van der Waals surface area contributed by atoms with Gasteiger partial charge in [0, 0.05) is 12.6 Å². The van der Waals surface area contributed by atoms with Gasteiger partial charge in [0.2, 0.25) is 5.91 Å². The molecule has 0 heterocycles. The number of hydrogen-bond donors (Lipinski definition) is 2. The molecule has 106 valence electrons. The van der Waals surface area contributed by atoms with E-state index in [1.54, 1.807) is 0 Å². The molecule has 1 aliphatic rings. The van der Waals surface area contributed by atoms with Gasteiger partial charge in [0.05, 0.1) is 6.04 Å². The zero-order valence-electron chi connectivity index (χ0n) is 12.0. The van der Waals surface area contributed by atoms with Crippen molar-refractivity contribution in [3.8, 4) is 0 Å². The molecule has 1 fully saturated rings. The number of nitrogens with zero attached hydrogens (tertiary/aromatic N) is 1. The molecule has 1 saturated carbocycles. The first-order valence-electron chi connectivity index (χ1n) is 7.45. The Kier molecular flexibility index (Phi) is 7.28. The maximum absolute atomic E-state index is 11.5. The first kappa shape index (κ1) is 15.4. The van der Waals surface area contributed by atoms with Crippen LogP contribution in [-0.2, 0) is 4.79 Å². The van der Waals surface area contributed by atoms with Gasteiger partial charge in [0.15, 0.2) is 0 Å². The number of carbonyl (C=O) groups is 1. The molecular formula is C14H29N3O. The van der Waals surface area contributed by atoms with Crippen molar-refractivity contribution in [3.05, 3.63) is 0 Å². The Balaban J connectivity index is 2.49. The van der Waals surface area contributed by atoms with Crippen molar-refractivity contribution in [2.45, 2.75) is 64.5 Å². The lowest BCUT2D eigenvalue weighted by molar-refractivity contribution is -0.120. The summed E-state index contributed by atoms with van der Waals surface area (Å²) < 4.78 is 0. The van der Waals surface area contributed by atoms with Crippen LogP contribution in [0.5, 0.6) is 0 Å². The van der Waals surface area contributed by atoms with Crippen LogP contribution in [0.3, 0.4) is 0 Å².